The van der Waals surface area contributed by atoms with Crippen LogP contribution in [0.25, 0.3) is 0 Å². The molecular weight excluding hydrogens is 412 g/mol. The number of hydrazine groups is 1. The molecule has 2 aromatic heterocycles. The van der Waals surface area contributed by atoms with Gasteiger partial charge in [-0.1, -0.05) is 42.5 Å². The summed E-state index contributed by atoms with van der Waals surface area (Å²) in [5.41, 5.74) is 4.53. The molecule has 0 aliphatic rings. The largest absolute Gasteiger partial charge is 0.364 e. The molecule has 2 heterocycles. The summed E-state index contributed by atoms with van der Waals surface area (Å²) in [7, 11) is 0. The number of rotatable bonds is 9. The average Bonchev–Trinajstić information content (AvgIpc) is 3.32. The molecule has 0 spiro atoms. The Bertz CT molecular complexity index is 1080. The van der Waals surface area contributed by atoms with Crippen LogP contribution in [0.15, 0.2) is 84.5 Å². The summed E-state index contributed by atoms with van der Waals surface area (Å²) >= 11 is 1.65. The highest BCUT2D eigenvalue weighted by Gasteiger charge is 2.25. The van der Waals surface area contributed by atoms with E-state index in [1.165, 1.54) is 11.2 Å². The molecule has 0 radical (unpaired) electrons. The third kappa shape index (κ3) is 4.96. The summed E-state index contributed by atoms with van der Waals surface area (Å²) in [6.45, 7) is 0.527. The molecule has 2 aromatic carbocycles. The molecule has 0 aliphatic carbocycles. The van der Waals surface area contributed by atoms with Gasteiger partial charge in [0.15, 0.2) is 0 Å². The van der Waals surface area contributed by atoms with E-state index in [1.54, 1.807) is 16.3 Å². The molecule has 9 heteroatoms. The highest BCUT2D eigenvalue weighted by atomic mass is 32.1. The number of hydrogen-bond acceptors (Lipinski definition) is 8. The van der Waals surface area contributed by atoms with Crippen LogP contribution in [0.1, 0.15) is 4.88 Å². The van der Waals surface area contributed by atoms with Crippen molar-refractivity contribution in [3.8, 4) is 0 Å². The number of thiophene rings is 1. The maximum absolute atomic E-state index is 11.9. The molecule has 0 aliphatic heterocycles. The van der Waals surface area contributed by atoms with Crippen LogP contribution in [-0.2, 0) is 6.42 Å². The fourth-order valence-corrected chi connectivity index (χ4v) is 3.77. The fourth-order valence-electron chi connectivity index (χ4n) is 3.06. The van der Waals surface area contributed by atoms with Crippen molar-refractivity contribution in [1.29, 1.82) is 0 Å². The lowest BCUT2D eigenvalue weighted by molar-refractivity contribution is -0.383. The van der Waals surface area contributed by atoms with Crippen LogP contribution in [0.3, 0.4) is 0 Å². The third-order valence-corrected chi connectivity index (χ3v) is 5.43. The lowest BCUT2D eigenvalue weighted by Gasteiger charge is -2.26. The van der Waals surface area contributed by atoms with E-state index in [4.69, 9.17) is 0 Å². The van der Waals surface area contributed by atoms with Crippen LogP contribution in [0, 0.1) is 10.1 Å². The Balaban J connectivity index is 1.63. The van der Waals surface area contributed by atoms with Crippen LogP contribution >= 0.6 is 11.3 Å². The number of benzene rings is 2. The van der Waals surface area contributed by atoms with E-state index in [0.29, 0.717) is 6.54 Å². The summed E-state index contributed by atoms with van der Waals surface area (Å²) in [5, 5.41) is 18.8. The van der Waals surface area contributed by atoms with Crippen molar-refractivity contribution in [2.45, 2.75) is 6.42 Å². The average molecular weight is 433 g/mol. The van der Waals surface area contributed by atoms with Crippen LogP contribution in [0.5, 0.6) is 0 Å². The molecule has 8 nitrogen and oxygen atoms in total. The second-order valence-corrected chi connectivity index (χ2v) is 7.58. The van der Waals surface area contributed by atoms with Gasteiger partial charge >= 0.3 is 5.69 Å². The number of anilines is 4. The van der Waals surface area contributed by atoms with E-state index in [0.717, 1.165) is 17.8 Å². The molecular formula is C22H20N6O2S. The minimum atomic E-state index is -0.468. The van der Waals surface area contributed by atoms with Crippen molar-refractivity contribution in [2.75, 3.05) is 22.3 Å². The number of hydrogen-bond donors (Lipinski definition) is 2. The van der Waals surface area contributed by atoms with E-state index < -0.39 is 4.92 Å². The predicted octanol–water partition coefficient (Wildman–Crippen LogP) is 5.27. The molecule has 0 amide bonds. The standard InChI is InChI=1S/C22H20N6O2S/c29-28(30)20-21(23-14-13-19-12-7-15-31-19)24-16-25-22(20)26-27(17-8-3-1-4-9-17)18-10-5-2-6-11-18/h1-12,15-16H,13-14H2,(H2,23,24,25,26). The lowest BCUT2D eigenvalue weighted by Crippen LogP contribution is -2.26. The lowest BCUT2D eigenvalue weighted by atomic mass is 10.2. The van der Waals surface area contributed by atoms with Gasteiger partial charge in [-0.15, -0.1) is 11.3 Å². The Morgan fingerprint density at radius 3 is 2.13 bits per heavy atom. The second-order valence-electron chi connectivity index (χ2n) is 6.55. The van der Waals surface area contributed by atoms with Gasteiger partial charge in [-0.05, 0) is 42.1 Å². The molecule has 0 fully saturated rings. The Morgan fingerprint density at radius 2 is 1.55 bits per heavy atom. The zero-order valence-electron chi connectivity index (χ0n) is 16.5. The molecule has 0 saturated heterocycles. The van der Waals surface area contributed by atoms with Crippen molar-refractivity contribution in [3.63, 3.8) is 0 Å². The first-order valence-electron chi connectivity index (χ1n) is 9.65. The van der Waals surface area contributed by atoms with E-state index in [-0.39, 0.29) is 17.3 Å². The Labute approximate surface area is 183 Å². The minimum absolute atomic E-state index is 0.103. The first-order chi connectivity index (χ1) is 15.2. The maximum Gasteiger partial charge on any atom is 0.354 e. The van der Waals surface area contributed by atoms with E-state index in [1.807, 2.05) is 78.2 Å². The smallest absolute Gasteiger partial charge is 0.354 e. The highest BCUT2D eigenvalue weighted by molar-refractivity contribution is 7.09. The number of nitrogens with zero attached hydrogens (tertiary/aromatic N) is 4. The van der Waals surface area contributed by atoms with Crippen molar-refractivity contribution < 1.29 is 4.92 Å². The molecule has 156 valence electrons. The fraction of sp³-hybridized carbons (Fsp3) is 0.0909. The molecule has 0 saturated carbocycles. The van der Waals surface area contributed by atoms with E-state index >= 15 is 0 Å². The molecule has 4 aromatic rings. The van der Waals surface area contributed by atoms with E-state index in [9.17, 15) is 10.1 Å². The molecule has 31 heavy (non-hydrogen) atoms. The number of nitro groups is 1. The first kappa shape index (κ1) is 20.3. The van der Waals surface area contributed by atoms with Gasteiger partial charge in [0.25, 0.3) is 0 Å². The van der Waals surface area contributed by atoms with Crippen LogP contribution in [-0.4, -0.2) is 21.4 Å². The summed E-state index contributed by atoms with van der Waals surface area (Å²) in [6.07, 6.45) is 2.07. The van der Waals surface area contributed by atoms with Gasteiger partial charge in [0.1, 0.15) is 6.33 Å². The topological polar surface area (TPSA) is 96.2 Å². The third-order valence-electron chi connectivity index (χ3n) is 4.50. The molecule has 0 atom stereocenters. The Hall–Kier alpha value is -3.98. The monoisotopic (exact) mass is 432 g/mol. The second kappa shape index (κ2) is 9.68. The van der Waals surface area contributed by atoms with Gasteiger partial charge in [0, 0.05) is 11.4 Å². The highest BCUT2D eigenvalue weighted by Crippen LogP contribution is 2.32. The van der Waals surface area contributed by atoms with Gasteiger partial charge in [-0.25, -0.2) is 9.97 Å². The van der Waals surface area contributed by atoms with Crippen LogP contribution in [0.2, 0.25) is 0 Å². The van der Waals surface area contributed by atoms with E-state index in [2.05, 4.69) is 20.7 Å². The van der Waals surface area contributed by atoms with Crippen molar-refractivity contribution in [3.05, 3.63) is 99.5 Å². The van der Waals surface area contributed by atoms with Crippen LogP contribution in [0.4, 0.5) is 28.7 Å². The van der Waals surface area contributed by atoms with Gasteiger partial charge in [0.05, 0.1) is 16.3 Å². The number of nitrogens with one attached hydrogen (secondary N) is 2. The summed E-state index contributed by atoms with van der Waals surface area (Å²) in [6, 6.07) is 23.1. The SMILES string of the molecule is O=[N+]([O-])c1c(NCCc2cccs2)ncnc1NN(c1ccccc1)c1ccccc1. The summed E-state index contributed by atoms with van der Waals surface area (Å²) in [4.78, 5) is 20.9. The molecule has 0 bridgehead atoms. The summed E-state index contributed by atoms with van der Waals surface area (Å²) < 4.78 is 0. The normalized spacial score (nSPS) is 10.5. The Morgan fingerprint density at radius 1 is 0.903 bits per heavy atom. The molecule has 0 unspecified atom stereocenters. The number of aromatic nitrogens is 2. The maximum atomic E-state index is 11.9. The quantitative estimate of drug-likeness (QED) is 0.275. The summed E-state index contributed by atoms with van der Waals surface area (Å²) in [5.74, 6) is 0.284. The molecule has 2 N–H and O–H groups in total. The predicted molar refractivity (Wildman–Crippen MR) is 124 cm³/mol. The molecule has 4 rings (SSSR count). The van der Waals surface area contributed by atoms with Crippen molar-refractivity contribution >= 4 is 40.0 Å². The zero-order valence-corrected chi connectivity index (χ0v) is 17.3. The minimum Gasteiger partial charge on any atom is -0.364 e. The van der Waals surface area contributed by atoms with Gasteiger partial charge in [-0.2, -0.15) is 0 Å². The van der Waals surface area contributed by atoms with Crippen molar-refractivity contribution in [2.24, 2.45) is 0 Å². The first-order valence-corrected chi connectivity index (χ1v) is 10.5. The zero-order chi connectivity index (χ0) is 21.5. The van der Waals surface area contributed by atoms with Gasteiger partial charge < -0.3 is 5.32 Å². The van der Waals surface area contributed by atoms with Crippen molar-refractivity contribution in [1.82, 2.24) is 9.97 Å². The van der Waals surface area contributed by atoms with Gasteiger partial charge in [0.2, 0.25) is 11.6 Å². The number of para-hydroxylation sites is 2. The van der Waals surface area contributed by atoms with Crippen LogP contribution < -0.4 is 15.8 Å². The van der Waals surface area contributed by atoms with Gasteiger partial charge in [-0.3, -0.25) is 20.5 Å². The Kier molecular flexibility index (Phi) is 6.34.